The van der Waals surface area contributed by atoms with Gasteiger partial charge in [0.05, 0.1) is 18.6 Å². The molecule has 0 spiro atoms. The van der Waals surface area contributed by atoms with Crippen LogP contribution in [0.2, 0.25) is 0 Å². The number of ketones is 1. The largest absolute Gasteiger partial charge is 0.379 e. The van der Waals surface area contributed by atoms with Crippen molar-refractivity contribution in [1.82, 2.24) is 0 Å². The van der Waals surface area contributed by atoms with E-state index < -0.39 is 0 Å². The van der Waals surface area contributed by atoms with Crippen molar-refractivity contribution >= 4 is 5.78 Å². The zero-order valence-electron chi connectivity index (χ0n) is 4.81. The van der Waals surface area contributed by atoms with Gasteiger partial charge in [0.25, 0.3) is 0 Å². The smallest absolute Gasteiger partial charge is 0.147 e. The van der Waals surface area contributed by atoms with E-state index in [0.29, 0.717) is 13.2 Å². The van der Waals surface area contributed by atoms with Crippen LogP contribution in [0.3, 0.4) is 0 Å². The fourth-order valence-electron chi connectivity index (χ4n) is 0.551. The summed E-state index contributed by atoms with van der Waals surface area (Å²) in [5.74, 6) is -0.260. The van der Waals surface area contributed by atoms with Crippen LogP contribution in [-0.4, -0.2) is 19.0 Å². The third-order valence-corrected chi connectivity index (χ3v) is 1.44. The number of hydrogen-bond donors (Lipinski definition) is 0. The Bertz CT molecular complexity index is 114. The molecule has 8 heavy (non-hydrogen) atoms. The Labute approximate surface area is 48.8 Å². The van der Waals surface area contributed by atoms with E-state index in [-0.39, 0.29) is 11.2 Å². The molecule has 2 nitrogen and oxygen atoms in total. The molecule has 0 unspecified atom stereocenters. The van der Waals surface area contributed by atoms with Crippen LogP contribution in [0.5, 0.6) is 0 Å². The second-order valence-corrected chi connectivity index (χ2v) is 2.42. The topological polar surface area (TPSA) is 26.3 Å². The van der Waals surface area contributed by atoms with Gasteiger partial charge >= 0.3 is 0 Å². The highest BCUT2D eigenvalue weighted by atomic mass is 16.5. The quantitative estimate of drug-likeness (QED) is 0.487. The van der Waals surface area contributed by atoms with Crippen molar-refractivity contribution in [3.63, 3.8) is 0 Å². The van der Waals surface area contributed by atoms with Crippen LogP contribution in [0.25, 0.3) is 0 Å². The van der Waals surface area contributed by atoms with Crippen molar-refractivity contribution < 1.29 is 9.53 Å². The molecule has 0 aromatic carbocycles. The zero-order chi connectivity index (χ0) is 6.20. The number of Topliss-reactive ketones (excluding diaryl/α,β-unsaturated/α-hetero) is 1. The Balaban J connectivity index is 2.53. The van der Waals surface area contributed by atoms with Gasteiger partial charge in [-0.05, 0) is 6.92 Å². The lowest BCUT2D eigenvalue weighted by molar-refractivity contribution is -0.150. The summed E-state index contributed by atoms with van der Waals surface area (Å²) in [6.07, 6.45) is 0. The number of carbonyl (C=O) groups is 1. The summed E-state index contributed by atoms with van der Waals surface area (Å²) < 4.78 is 4.80. The Hall–Kier alpha value is -0.370. The molecular formula is C6H8O2. The molecule has 1 aliphatic rings. The molecule has 1 fully saturated rings. The molecule has 44 valence electrons. The second kappa shape index (κ2) is 1.55. The standard InChI is InChI=1S/C6H8O2/c1-5(7)6(2)3-8-4-6/h1H,3-4H2,2H3. The maximum absolute atomic E-state index is 10.4. The number of rotatable bonds is 1. The minimum absolute atomic E-state index is 0.260. The van der Waals surface area contributed by atoms with Gasteiger partial charge in [0.15, 0.2) is 0 Å². The average molecular weight is 112 g/mol. The Morgan fingerprint density at radius 2 is 2.25 bits per heavy atom. The van der Waals surface area contributed by atoms with E-state index in [1.807, 2.05) is 0 Å². The molecule has 0 saturated carbocycles. The summed E-state index contributed by atoms with van der Waals surface area (Å²) >= 11 is 0. The van der Waals surface area contributed by atoms with Crippen LogP contribution in [0.4, 0.5) is 0 Å². The molecule has 0 atom stereocenters. The number of hydrogen-bond acceptors (Lipinski definition) is 2. The van der Waals surface area contributed by atoms with Crippen LogP contribution in [0, 0.1) is 12.3 Å². The molecule has 0 aliphatic carbocycles. The third kappa shape index (κ3) is 0.650. The molecule has 1 saturated heterocycles. The van der Waals surface area contributed by atoms with Crippen LogP contribution in [-0.2, 0) is 9.53 Å². The molecule has 0 bridgehead atoms. The highest BCUT2D eigenvalue weighted by Crippen LogP contribution is 2.26. The van der Waals surface area contributed by atoms with E-state index in [2.05, 4.69) is 0 Å². The van der Waals surface area contributed by atoms with Gasteiger partial charge in [0.1, 0.15) is 5.78 Å². The van der Waals surface area contributed by atoms with Crippen LogP contribution >= 0.6 is 0 Å². The highest BCUT2D eigenvalue weighted by molar-refractivity contribution is 5.89. The van der Waals surface area contributed by atoms with E-state index in [1.165, 1.54) is 0 Å². The first-order valence-electron chi connectivity index (χ1n) is 2.53. The molecule has 1 rings (SSSR count). The molecule has 0 amide bonds. The fourth-order valence-corrected chi connectivity index (χ4v) is 0.551. The van der Waals surface area contributed by atoms with E-state index in [0.717, 1.165) is 0 Å². The van der Waals surface area contributed by atoms with E-state index in [1.54, 1.807) is 6.92 Å². The lowest BCUT2D eigenvalue weighted by atomic mass is 9.85. The summed E-state index contributed by atoms with van der Waals surface area (Å²) in [4.78, 5) is 10.4. The first kappa shape index (κ1) is 5.76. The molecular weight excluding hydrogens is 104 g/mol. The van der Waals surface area contributed by atoms with Crippen molar-refractivity contribution in [1.29, 1.82) is 0 Å². The Kier molecular flexibility index (Phi) is 1.12. The van der Waals surface area contributed by atoms with Crippen LogP contribution in [0.15, 0.2) is 0 Å². The van der Waals surface area contributed by atoms with Gasteiger partial charge in [0.2, 0.25) is 0 Å². The minimum Gasteiger partial charge on any atom is -0.379 e. The summed E-state index contributed by atoms with van der Waals surface area (Å²) in [6.45, 7) is 7.79. The lowest BCUT2D eigenvalue weighted by Gasteiger charge is -2.34. The van der Waals surface area contributed by atoms with Crippen LogP contribution < -0.4 is 0 Å². The highest BCUT2D eigenvalue weighted by Gasteiger charge is 2.37. The minimum atomic E-state index is -0.361. The van der Waals surface area contributed by atoms with Gasteiger partial charge in [-0.25, -0.2) is 0 Å². The summed E-state index contributed by atoms with van der Waals surface area (Å²) in [5, 5.41) is 0. The molecule has 0 aromatic rings. The molecule has 1 aliphatic heterocycles. The molecule has 1 heterocycles. The van der Waals surface area contributed by atoms with E-state index >= 15 is 0 Å². The lowest BCUT2D eigenvalue weighted by Crippen LogP contribution is -2.45. The predicted molar refractivity (Wildman–Crippen MR) is 28.2 cm³/mol. The SMILES string of the molecule is [CH]C(=O)C1(C)COC1. The monoisotopic (exact) mass is 112 g/mol. The number of ether oxygens (including phenoxy) is 1. The summed E-state index contributed by atoms with van der Waals surface area (Å²) in [7, 11) is 0. The fraction of sp³-hybridized carbons (Fsp3) is 0.667. The van der Waals surface area contributed by atoms with E-state index in [4.69, 9.17) is 11.7 Å². The van der Waals surface area contributed by atoms with Crippen molar-refractivity contribution in [2.75, 3.05) is 13.2 Å². The normalized spacial score (nSPS) is 24.2. The third-order valence-electron chi connectivity index (χ3n) is 1.44. The van der Waals surface area contributed by atoms with Gasteiger partial charge in [-0.2, -0.15) is 0 Å². The Morgan fingerprint density at radius 1 is 1.75 bits per heavy atom. The maximum atomic E-state index is 10.4. The van der Waals surface area contributed by atoms with Gasteiger partial charge in [0, 0.05) is 6.92 Å². The van der Waals surface area contributed by atoms with Gasteiger partial charge in [-0.1, -0.05) is 0 Å². The first-order valence-corrected chi connectivity index (χ1v) is 2.53. The molecule has 2 heteroatoms. The second-order valence-electron chi connectivity index (χ2n) is 2.42. The van der Waals surface area contributed by atoms with Gasteiger partial charge in [-0.3, -0.25) is 4.79 Å². The molecule has 2 radical (unpaired) electrons. The van der Waals surface area contributed by atoms with Crippen molar-refractivity contribution in [3.05, 3.63) is 6.92 Å². The van der Waals surface area contributed by atoms with Gasteiger partial charge in [-0.15, -0.1) is 0 Å². The predicted octanol–water partition coefficient (Wildman–Crippen LogP) is 0.303. The summed E-state index contributed by atoms with van der Waals surface area (Å²) in [5.41, 5.74) is -0.361. The zero-order valence-corrected chi connectivity index (χ0v) is 4.81. The first-order chi connectivity index (χ1) is 3.65. The average Bonchev–Trinajstić information content (AvgIpc) is 1.60. The molecule has 0 aromatic heterocycles. The summed E-state index contributed by atoms with van der Waals surface area (Å²) in [6, 6.07) is 0. The van der Waals surface area contributed by atoms with Gasteiger partial charge < -0.3 is 4.74 Å². The van der Waals surface area contributed by atoms with E-state index in [9.17, 15) is 4.79 Å². The maximum Gasteiger partial charge on any atom is 0.147 e. The van der Waals surface area contributed by atoms with Crippen molar-refractivity contribution in [2.45, 2.75) is 6.92 Å². The van der Waals surface area contributed by atoms with Crippen LogP contribution in [0.1, 0.15) is 6.92 Å². The molecule has 0 N–H and O–H groups in total. The van der Waals surface area contributed by atoms with Crippen molar-refractivity contribution in [2.24, 2.45) is 5.41 Å². The van der Waals surface area contributed by atoms with Crippen molar-refractivity contribution in [3.8, 4) is 0 Å². The Morgan fingerprint density at radius 3 is 2.25 bits per heavy atom. The number of carbonyl (C=O) groups excluding carboxylic acids is 1.